The van der Waals surface area contributed by atoms with Crippen molar-refractivity contribution in [3.8, 4) is 5.69 Å². The Labute approximate surface area is 130 Å². The number of nitrogens with one attached hydrogen (secondary N) is 2. The first-order valence-corrected chi connectivity index (χ1v) is 7.37. The molecule has 1 aromatic carbocycles. The average molecular weight is 302 g/mol. The fourth-order valence-electron chi connectivity index (χ4n) is 2.21. The number of para-hydroxylation sites is 1. The van der Waals surface area contributed by atoms with Gasteiger partial charge in [-0.1, -0.05) is 32.0 Å². The summed E-state index contributed by atoms with van der Waals surface area (Å²) in [5, 5.41) is 19.0. The third kappa shape index (κ3) is 4.60. The molecular weight excluding hydrogens is 280 g/mol. The number of aliphatic hydroxyl groups is 1. The van der Waals surface area contributed by atoms with Crippen LogP contribution < -0.4 is 10.6 Å². The molecule has 0 saturated heterocycles. The standard InChI is InChI=1S/C16H22N4O2/c1-12(2)8-13(11-21)18-16(22)19-14-9-17-20(10-14)15-6-4-3-5-7-15/h3-7,9-10,12-13,21H,8,11H2,1-2H3,(H2,18,19,22). The van der Waals surface area contributed by atoms with Crippen LogP contribution in [-0.4, -0.2) is 33.6 Å². The van der Waals surface area contributed by atoms with E-state index < -0.39 is 0 Å². The Bertz CT molecular complexity index is 595. The van der Waals surface area contributed by atoms with E-state index in [-0.39, 0.29) is 18.7 Å². The summed E-state index contributed by atoms with van der Waals surface area (Å²) in [5.74, 6) is 0.401. The molecule has 118 valence electrons. The summed E-state index contributed by atoms with van der Waals surface area (Å²) < 4.78 is 1.69. The van der Waals surface area contributed by atoms with Gasteiger partial charge in [-0.05, 0) is 24.5 Å². The van der Waals surface area contributed by atoms with Gasteiger partial charge in [0, 0.05) is 0 Å². The molecule has 0 bridgehead atoms. The Morgan fingerprint density at radius 1 is 1.32 bits per heavy atom. The summed E-state index contributed by atoms with van der Waals surface area (Å²) >= 11 is 0. The SMILES string of the molecule is CC(C)CC(CO)NC(=O)Nc1cnn(-c2ccccc2)c1. The number of carbonyl (C=O) groups excluding carboxylic acids is 1. The second-order valence-corrected chi connectivity index (χ2v) is 5.62. The van der Waals surface area contributed by atoms with E-state index in [1.54, 1.807) is 17.1 Å². The quantitative estimate of drug-likeness (QED) is 0.766. The average Bonchev–Trinajstić information content (AvgIpc) is 2.95. The molecule has 0 aliphatic carbocycles. The van der Waals surface area contributed by atoms with Gasteiger partial charge < -0.3 is 15.7 Å². The van der Waals surface area contributed by atoms with Crippen molar-refractivity contribution in [1.29, 1.82) is 0 Å². The molecule has 0 aliphatic heterocycles. The summed E-state index contributed by atoms with van der Waals surface area (Å²) in [5.41, 5.74) is 1.52. The van der Waals surface area contributed by atoms with E-state index in [0.29, 0.717) is 11.6 Å². The van der Waals surface area contributed by atoms with Gasteiger partial charge >= 0.3 is 6.03 Å². The molecule has 1 aromatic heterocycles. The maximum absolute atomic E-state index is 11.9. The minimum Gasteiger partial charge on any atom is -0.394 e. The third-order valence-electron chi connectivity index (χ3n) is 3.17. The highest BCUT2D eigenvalue weighted by molar-refractivity contribution is 5.89. The number of carbonyl (C=O) groups is 1. The Morgan fingerprint density at radius 3 is 2.68 bits per heavy atom. The molecule has 3 N–H and O–H groups in total. The van der Waals surface area contributed by atoms with E-state index >= 15 is 0 Å². The van der Waals surface area contributed by atoms with Crippen molar-refractivity contribution in [3.05, 3.63) is 42.7 Å². The normalized spacial score (nSPS) is 12.2. The molecule has 0 spiro atoms. The van der Waals surface area contributed by atoms with E-state index in [4.69, 9.17) is 0 Å². The number of anilines is 1. The molecule has 1 atom stereocenters. The van der Waals surface area contributed by atoms with Crippen LogP contribution in [0.1, 0.15) is 20.3 Å². The first kappa shape index (κ1) is 16.0. The van der Waals surface area contributed by atoms with Crippen molar-refractivity contribution in [1.82, 2.24) is 15.1 Å². The fourth-order valence-corrected chi connectivity index (χ4v) is 2.21. The number of nitrogens with zero attached hydrogens (tertiary/aromatic N) is 2. The number of amides is 2. The van der Waals surface area contributed by atoms with Crippen LogP contribution in [0.25, 0.3) is 5.69 Å². The lowest BCUT2D eigenvalue weighted by molar-refractivity contribution is 0.214. The Kier molecular flexibility index (Phi) is 5.55. The minimum atomic E-state index is -0.340. The van der Waals surface area contributed by atoms with Gasteiger partial charge in [0.2, 0.25) is 0 Å². The van der Waals surface area contributed by atoms with Crippen molar-refractivity contribution in [3.63, 3.8) is 0 Å². The number of rotatable bonds is 6. The van der Waals surface area contributed by atoms with E-state index in [2.05, 4.69) is 15.7 Å². The first-order chi connectivity index (χ1) is 10.6. The summed E-state index contributed by atoms with van der Waals surface area (Å²) in [4.78, 5) is 11.9. The Morgan fingerprint density at radius 2 is 2.05 bits per heavy atom. The zero-order chi connectivity index (χ0) is 15.9. The van der Waals surface area contributed by atoms with Crippen LogP contribution in [0.4, 0.5) is 10.5 Å². The molecule has 22 heavy (non-hydrogen) atoms. The lowest BCUT2D eigenvalue weighted by atomic mass is 10.0. The number of benzene rings is 1. The predicted molar refractivity (Wildman–Crippen MR) is 86.0 cm³/mol. The second-order valence-electron chi connectivity index (χ2n) is 5.62. The molecule has 0 radical (unpaired) electrons. The summed E-state index contributed by atoms with van der Waals surface area (Å²) in [6.45, 7) is 4.02. The van der Waals surface area contributed by atoms with Crippen LogP contribution >= 0.6 is 0 Å². The number of aromatic nitrogens is 2. The van der Waals surface area contributed by atoms with E-state index in [1.807, 2.05) is 44.2 Å². The summed E-state index contributed by atoms with van der Waals surface area (Å²) in [6.07, 6.45) is 4.06. The fraction of sp³-hybridized carbons (Fsp3) is 0.375. The third-order valence-corrected chi connectivity index (χ3v) is 3.17. The predicted octanol–water partition coefficient (Wildman–Crippen LogP) is 2.40. The van der Waals surface area contributed by atoms with Gasteiger partial charge in [0.05, 0.1) is 36.4 Å². The Balaban J connectivity index is 1.94. The van der Waals surface area contributed by atoms with Crippen LogP contribution in [0.2, 0.25) is 0 Å². The molecule has 2 amide bonds. The number of aliphatic hydroxyl groups excluding tert-OH is 1. The highest BCUT2D eigenvalue weighted by atomic mass is 16.3. The second kappa shape index (κ2) is 7.61. The maximum atomic E-state index is 11.9. The van der Waals surface area contributed by atoms with Crippen molar-refractivity contribution in [2.75, 3.05) is 11.9 Å². The van der Waals surface area contributed by atoms with Crippen molar-refractivity contribution < 1.29 is 9.90 Å². The molecule has 2 aromatic rings. The van der Waals surface area contributed by atoms with Gasteiger partial charge in [-0.3, -0.25) is 0 Å². The molecule has 0 saturated carbocycles. The topological polar surface area (TPSA) is 79.2 Å². The van der Waals surface area contributed by atoms with Crippen LogP contribution in [0.3, 0.4) is 0 Å². The minimum absolute atomic E-state index is 0.0745. The van der Waals surface area contributed by atoms with Crippen LogP contribution in [0.15, 0.2) is 42.7 Å². The largest absolute Gasteiger partial charge is 0.394 e. The Hall–Kier alpha value is -2.34. The molecule has 2 rings (SSSR count). The molecule has 1 heterocycles. The highest BCUT2D eigenvalue weighted by Gasteiger charge is 2.13. The van der Waals surface area contributed by atoms with E-state index in [0.717, 1.165) is 12.1 Å². The molecule has 0 fully saturated rings. The summed E-state index contributed by atoms with van der Waals surface area (Å²) in [7, 11) is 0. The smallest absolute Gasteiger partial charge is 0.319 e. The molecule has 0 aliphatic rings. The highest BCUT2D eigenvalue weighted by Crippen LogP contribution is 2.11. The lowest BCUT2D eigenvalue weighted by Gasteiger charge is -2.18. The van der Waals surface area contributed by atoms with Gasteiger partial charge in [-0.2, -0.15) is 5.10 Å². The first-order valence-electron chi connectivity index (χ1n) is 7.37. The van der Waals surface area contributed by atoms with Gasteiger partial charge in [0.1, 0.15) is 0 Å². The number of urea groups is 1. The van der Waals surface area contributed by atoms with Crippen LogP contribution in [-0.2, 0) is 0 Å². The van der Waals surface area contributed by atoms with Crippen molar-refractivity contribution >= 4 is 11.7 Å². The van der Waals surface area contributed by atoms with E-state index in [1.165, 1.54) is 0 Å². The monoisotopic (exact) mass is 302 g/mol. The lowest BCUT2D eigenvalue weighted by Crippen LogP contribution is -2.40. The maximum Gasteiger partial charge on any atom is 0.319 e. The summed E-state index contributed by atoms with van der Waals surface area (Å²) in [6, 6.07) is 9.06. The van der Waals surface area contributed by atoms with E-state index in [9.17, 15) is 9.90 Å². The van der Waals surface area contributed by atoms with Crippen LogP contribution in [0.5, 0.6) is 0 Å². The zero-order valence-electron chi connectivity index (χ0n) is 12.9. The number of hydrogen-bond donors (Lipinski definition) is 3. The molecule has 6 nitrogen and oxygen atoms in total. The molecular formula is C16H22N4O2. The molecule has 1 unspecified atom stereocenters. The zero-order valence-corrected chi connectivity index (χ0v) is 12.9. The van der Waals surface area contributed by atoms with Crippen molar-refractivity contribution in [2.24, 2.45) is 5.92 Å². The van der Waals surface area contributed by atoms with Crippen molar-refractivity contribution in [2.45, 2.75) is 26.3 Å². The van der Waals surface area contributed by atoms with Gasteiger partial charge in [0.15, 0.2) is 0 Å². The van der Waals surface area contributed by atoms with Gasteiger partial charge in [0.25, 0.3) is 0 Å². The van der Waals surface area contributed by atoms with Gasteiger partial charge in [-0.25, -0.2) is 9.48 Å². The van der Waals surface area contributed by atoms with Crippen LogP contribution in [0, 0.1) is 5.92 Å². The molecule has 6 heteroatoms. The number of hydrogen-bond acceptors (Lipinski definition) is 3. The van der Waals surface area contributed by atoms with Gasteiger partial charge in [-0.15, -0.1) is 0 Å².